The van der Waals surface area contributed by atoms with E-state index in [-0.39, 0.29) is 5.75 Å². The lowest BCUT2D eigenvalue weighted by Crippen LogP contribution is -2.18. The van der Waals surface area contributed by atoms with Crippen LogP contribution in [0.4, 0.5) is 13.2 Å². The fourth-order valence-corrected chi connectivity index (χ4v) is 2.24. The molecule has 0 fully saturated rings. The monoisotopic (exact) mass is 230 g/mol. The maximum Gasteiger partial charge on any atom is 0.573 e. The summed E-state index contributed by atoms with van der Waals surface area (Å²) < 4.78 is 40.2. The number of benzene rings is 1. The van der Waals surface area contributed by atoms with Gasteiger partial charge in [-0.1, -0.05) is 0 Å². The van der Waals surface area contributed by atoms with Gasteiger partial charge in [-0.15, -0.1) is 13.2 Å². The number of aryl methyl sites for hydroxylation is 2. The molecule has 0 amide bonds. The second-order valence-electron chi connectivity index (χ2n) is 4.13. The van der Waals surface area contributed by atoms with Gasteiger partial charge in [-0.25, -0.2) is 0 Å². The van der Waals surface area contributed by atoms with Gasteiger partial charge in [0.25, 0.3) is 0 Å². The van der Waals surface area contributed by atoms with Crippen molar-refractivity contribution in [3.05, 3.63) is 28.8 Å². The molecule has 1 aromatic carbocycles. The molecule has 0 atom stereocenters. The Labute approximate surface area is 92.2 Å². The Bertz CT molecular complexity index is 396. The Morgan fingerprint density at radius 3 is 2.50 bits per heavy atom. The van der Waals surface area contributed by atoms with Crippen LogP contribution in [0.5, 0.6) is 5.75 Å². The van der Waals surface area contributed by atoms with Crippen LogP contribution in [0, 0.1) is 6.92 Å². The van der Waals surface area contributed by atoms with E-state index >= 15 is 0 Å². The summed E-state index contributed by atoms with van der Waals surface area (Å²) in [4.78, 5) is 0. The van der Waals surface area contributed by atoms with Gasteiger partial charge in [0.05, 0.1) is 0 Å². The fraction of sp³-hybridized carbons (Fsp3) is 0.500. The molecule has 0 spiro atoms. The minimum Gasteiger partial charge on any atom is -0.406 e. The molecule has 1 aliphatic carbocycles. The smallest absolute Gasteiger partial charge is 0.406 e. The average molecular weight is 230 g/mol. The third kappa shape index (κ3) is 2.49. The van der Waals surface area contributed by atoms with Crippen LogP contribution in [0.1, 0.15) is 29.5 Å². The Kier molecular flexibility index (Phi) is 2.82. The van der Waals surface area contributed by atoms with Crippen LogP contribution in [-0.2, 0) is 12.8 Å². The zero-order valence-electron chi connectivity index (χ0n) is 9.03. The van der Waals surface area contributed by atoms with Gasteiger partial charge in [0.2, 0.25) is 0 Å². The average Bonchev–Trinajstić information content (AvgIpc) is 2.15. The number of fused-ring (bicyclic) bond motifs is 1. The maximum absolute atomic E-state index is 12.1. The summed E-state index contributed by atoms with van der Waals surface area (Å²) in [6, 6.07) is 2.99. The lowest BCUT2D eigenvalue weighted by Gasteiger charge is -2.20. The van der Waals surface area contributed by atoms with Crippen LogP contribution in [0.15, 0.2) is 12.1 Å². The molecule has 0 saturated heterocycles. The SMILES string of the molecule is Cc1cc(OC(F)(F)F)cc2c1CCCC2. The largest absolute Gasteiger partial charge is 0.573 e. The van der Waals surface area contributed by atoms with Gasteiger partial charge in [-0.05, 0) is 61.4 Å². The molecule has 0 N–H and O–H groups in total. The highest BCUT2D eigenvalue weighted by Crippen LogP contribution is 2.31. The molecule has 1 nitrogen and oxygen atoms in total. The third-order valence-electron chi connectivity index (χ3n) is 2.90. The highest BCUT2D eigenvalue weighted by molar-refractivity contribution is 5.43. The van der Waals surface area contributed by atoms with Crippen LogP contribution in [0.3, 0.4) is 0 Å². The van der Waals surface area contributed by atoms with Gasteiger partial charge in [0, 0.05) is 0 Å². The maximum atomic E-state index is 12.1. The van der Waals surface area contributed by atoms with Crippen molar-refractivity contribution in [2.45, 2.75) is 39.0 Å². The van der Waals surface area contributed by atoms with E-state index in [1.54, 1.807) is 0 Å². The molecule has 88 valence electrons. The Balaban J connectivity index is 2.32. The quantitative estimate of drug-likeness (QED) is 0.713. The molecule has 2 rings (SSSR count). The summed E-state index contributed by atoms with van der Waals surface area (Å²) in [7, 11) is 0. The van der Waals surface area contributed by atoms with Crippen LogP contribution >= 0.6 is 0 Å². The van der Waals surface area contributed by atoms with Crippen molar-refractivity contribution in [1.82, 2.24) is 0 Å². The molecule has 0 aromatic heterocycles. The molecular formula is C12H13F3O. The highest BCUT2D eigenvalue weighted by Gasteiger charge is 2.31. The van der Waals surface area contributed by atoms with Gasteiger partial charge >= 0.3 is 6.36 Å². The van der Waals surface area contributed by atoms with Gasteiger partial charge in [-0.2, -0.15) is 0 Å². The first kappa shape index (κ1) is 11.3. The van der Waals surface area contributed by atoms with E-state index < -0.39 is 6.36 Å². The van der Waals surface area contributed by atoms with E-state index in [0.717, 1.165) is 36.8 Å². The summed E-state index contributed by atoms with van der Waals surface area (Å²) in [5, 5.41) is 0. The van der Waals surface area contributed by atoms with Gasteiger partial charge in [-0.3, -0.25) is 0 Å². The summed E-state index contributed by atoms with van der Waals surface area (Å²) in [5.41, 5.74) is 3.10. The number of rotatable bonds is 1. The van der Waals surface area contributed by atoms with Crippen molar-refractivity contribution in [3.63, 3.8) is 0 Å². The molecule has 4 heteroatoms. The summed E-state index contributed by atoms with van der Waals surface area (Å²) in [6.07, 6.45) is -0.622. The molecule has 0 aliphatic heterocycles. The molecule has 1 aromatic rings. The number of alkyl halides is 3. The third-order valence-corrected chi connectivity index (χ3v) is 2.90. The summed E-state index contributed by atoms with van der Waals surface area (Å²) in [5.74, 6) is -0.0920. The highest BCUT2D eigenvalue weighted by atomic mass is 19.4. The van der Waals surface area contributed by atoms with Gasteiger partial charge in [0.1, 0.15) is 5.75 Å². The lowest BCUT2D eigenvalue weighted by molar-refractivity contribution is -0.274. The van der Waals surface area contributed by atoms with Crippen molar-refractivity contribution in [3.8, 4) is 5.75 Å². The van der Waals surface area contributed by atoms with E-state index in [1.165, 1.54) is 17.7 Å². The topological polar surface area (TPSA) is 9.23 Å². The Morgan fingerprint density at radius 2 is 1.81 bits per heavy atom. The molecule has 1 aliphatic rings. The van der Waals surface area contributed by atoms with Crippen LogP contribution < -0.4 is 4.74 Å². The first-order valence-electron chi connectivity index (χ1n) is 5.34. The first-order chi connectivity index (χ1) is 7.46. The summed E-state index contributed by atoms with van der Waals surface area (Å²) >= 11 is 0. The Hall–Kier alpha value is -1.19. The van der Waals surface area contributed by atoms with Crippen molar-refractivity contribution in [1.29, 1.82) is 0 Å². The van der Waals surface area contributed by atoms with E-state index in [9.17, 15) is 13.2 Å². The van der Waals surface area contributed by atoms with Crippen LogP contribution in [0.2, 0.25) is 0 Å². The number of ether oxygens (including phenoxy) is 1. The van der Waals surface area contributed by atoms with Crippen molar-refractivity contribution in [2.75, 3.05) is 0 Å². The molecule has 16 heavy (non-hydrogen) atoms. The summed E-state index contributed by atoms with van der Waals surface area (Å²) in [6.45, 7) is 1.84. The molecule has 0 unspecified atom stereocenters. The van der Waals surface area contributed by atoms with Gasteiger partial charge in [0.15, 0.2) is 0 Å². The van der Waals surface area contributed by atoms with Crippen molar-refractivity contribution >= 4 is 0 Å². The first-order valence-corrected chi connectivity index (χ1v) is 5.34. The zero-order chi connectivity index (χ0) is 11.8. The molecular weight excluding hydrogens is 217 g/mol. The van der Waals surface area contributed by atoms with E-state index in [1.807, 2.05) is 6.92 Å². The Morgan fingerprint density at radius 1 is 1.12 bits per heavy atom. The minimum atomic E-state index is -4.60. The van der Waals surface area contributed by atoms with Gasteiger partial charge < -0.3 is 4.74 Å². The molecule has 0 radical (unpaired) electrons. The molecule has 0 bridgehead atoms. The number of halogens is 3. The molecule has 0 saturated carbocycles. The normalized spacial score (nSPS) is 15.8. The molecule has 0 heterocycles. The van der Waals surface area contributed by atoms with E-state index in [4.69, 9.17) is 0 Å². The number of hydrogen-bond donors (Lipinski definition) is 0. The van der Waals surface area contributed by atoms with Crippen LogP contribution in [0.25, 0.3) is 0 Å². The minimum absolute atomic E-state index is 0.0920. The zero-order valence-corrected chi connectivity index (χ0v) is 9.03. The second kappa shape index (κ2) is 4.00. The standard InChI is InChI=1S/C12H13F3O/c1-8-6-10(16-12(13,14)15)7-9-4-2-3-5-11(8)9/h6-7H,2-5H2,1H3. The second-order valence-corrected chi connectivity index (χ2v) is 4.13. The van der Waals surface area contributed by atoms with Crippen molar-refractivity contribution < 1.29 is 17.9 Å². The lowest BCUT2D eigenvalue weighted by atomic mass is 9.88. The van der Waals surface area contributed by atoms with E-state index in [0.29, 0.717) is 0 Å². The fourth-order valence-electron chi connectivity index (χ4n) is 2.24. The van der Waals surface area contributed by atoms with Crippen LogP contribution in [-0.4, -0.2) is 6.36 Å². The number of hydrogen-bond acceptors (Lipinski definition) is 1. The van der Waals surface area contributed by atoms with Crippen molar-refractivity contribution in [2.24, 2.45) is 0 Å². The van der Waals surface area contributed by atoms with E-state index in [2.05, 4.69) is 4.74 Å². The predicted molar refractivity (Wildman–Crippen MR) is 54.5 cm³/mol. The predicted octanol–water partition coefficient (Wildman–Crippen LogP) is 3.77.